The van der Waals surface area contributed by atoms with Crippen molar-refractivity contribution < 1.29 is 9.22 Å². The van der Waals surface area contributed by atoms with Crippen LogP contribution in [0.15, 0.2) is 0 Å². The van der Waals surface area contributed by atoms with Crippen molar-refractivity contribution in [1.82, 2.24) is 0 Å². The fraction of sp³-hybridized carbons (Fsp3) is 0.786. The van der Waals surface area contributed by atoms with Crippen LogP contribution in [0.3, 0.4) is 0 Å². The second-order valence-corrected chi connectivity index (χ2v) is 10.8. The van der Waals surface area contributed by atoms with Crippen LogP contribution < -0.4 is 0 Å². The number of hydrogen-bond acceptors (Lipinski definition) is 2. The molecule has 0 aliphatic carbocycles. The monoisotopic (exact) mass is 254 g/mol. The molecule has 0 atom stereocenters. The van der Waals surface area contributed by atoms with Gasteiger partial charge < -0.3 is 4.43 Å². The maximum absolute atomic E-state index is 10.9. The van der Waals surface area contributed by atoms with E-state index >= 15 is 0 Å². The minimum absolute atomic E-state index is 0.0877. The molecule has 0 aliphatic rings. The first-order valence-electron chi connectivity index (χ1n) is 6.34. The molecule has 98 valence electrons. The van der Waals surface area contributed by atoms with Crippen LogP contribution in [0.25, 0.3) is 0 Å². The molecule has 3 heteroatoms. The van der Waals surface area contributed by atoms with Gasteiger partial charge in [-0.1, -0.05) is 27.2 Å². The summed E-state index contributed by atoms with van der Waals surface area (Å²) in [6.45, 7) is 12.0. The van der Waals surface area contributed by atoms with Crippen LogP contribution in [0.5, 0.6) is 0 Å². The van der Waals surface area contributed by atoms with Crippen LogP contribution in [0, 0.1) is 12.3 Å². The third kappa shape index (κ3) is 6.65. The third-order valence-corrected chi connectivity index (χ3v) is 8.02. The van der Waals surface area contributed by atoms with Crippen LogP contribution in [-0.2, 0) is 9.22 Å². The lowest BCUT2D eigenvalue weighted by Gasteiger charge is -2.36. The van der Waals surface area contributed by atoms with Gasteiger partial charge in [0.05, 0.1) is 0 Å². The van der Waals surface area contributed by atoms with Crippen LogP contribution in [-0.4, -0.2) is 20.7 Å². The summed E-state index contributed by atoms with van der Waals surface area (Å²) in [5.74, 6) is 2.05. The van der Waals surface area contributed by atoms with Crippen LogP contribution in [0.4, 0.5) is 0 Å². The van der Waals surface area contributed by atoms with Crippen molar-refractivity contribution in [3.8, 4) is 12.3 Å². The quantitative estimate of drug-likeness (QED) is 0.299. The van der Waals surface area contributed by atoms with Gasteiger partial charge in [-0.3, -0.25) is 4.79 Å². The Morgan fingerprint density at radius 1 is 1.24 bits per heavy atom. The minimum Gasteiger partial charge on any atom is -0.417 e. The second-order valence-electron chi connectivity index (χ2n) is 5.99. The van der Waals surface area contributed by atoms with Gasteiger partial charge in [0.1, 0.15) is 0 Å². The zero-order chi connectivity index (χ0) is 13.5. The molecule has 0 heterocycles. The molecular weight excluding hydrogens is 228 g/mol. The topological polar surface area (TPSA) is 26.3 Å². The zero-order valence-electron chi connectivity index (χ0n) is 11.9. The summed E-state index contributed by atoms with van der Waals surface area (Å²) in [5.41, 5.74) is 0. The first-order valence-corrected chi connectivity index (χ1v) is 9.25. The molecule has 17 heavy (non-hydrogen) atoms. The Bertz CT molecular complexity index is 282. The Hall–Kier alpha value is -0.593. The summed E-state index contributed by atoms with van der Waals surface area (Å²) in [4.78, 5) is 10.9. The molecule has 0 bridgehead atoms. The lowest BCUT2D eigenvalue weighted by molar-refractivity contribution is -0.113. The fourth-order valence-corrected chi connectivity index (χ4v) is 2.27. The maximum Gasteiger partial charge on any atom is 0.205 e. The number of carbonyl (C=O) groups excluding carboxylic acids is 1. The SMILES string of the molecule is C#CC(=O)CCCCCO[Si](C)(C)C(C)(C)C. The van der Waals surface area contributed by atoms with E-state index in [4.69, 9.17) is 10.8 Å². The summed E-state index contributed by atoms with van der Waals surface area (Å²) >= 11 is 0. The summed E-state index contributed by atoms with van der Waals surface area (Å²) in [7, 11) is -1.59. The van der Waals surface area contributed by atoms with Crippen molar-refractivity contribution >= 4 is 14.1 Å². The molecule has 0 aliphatic heterocycles. The van der Waals surface area contributed by atoms with Crippen molar-refractivity contribution in [3.63, 3.8) is 0 Å². The van der Waals surface area contributed by atoms with Crippen LogP contribution in [0.2, 0.25) is 18.1 Å². The lowest BCUT2D eigenvalue weighted by atomic mass is 10.1. The Balaban J connectivity index is 3.66. The van der Waals surface area contributed by atoms with Crippen LogP contribution >= 0.6 is 0 Å². The van der Waals surface area contributed by atoms with Crippen molar-refractivity contribution in [2.24, 2.45) is 0 Å². The molecule has 0 rings (SSSR count). The van der Waals surface area contributed by atoms with Crippen molar-refractivity contribution in [2.75, 3.05) is 6.61 Å². The van der Waals surface area contributed by atoms with Gasteiger partial charge in [0.25, 0.3) is 0 Å². The minimum atomic E-state index is -1.59. The van der Waals surface area contributed by atoms with E-state index in [1.165, 1.54) is 0 Å². The molecule has 0 unspecified atom stereocenters. The molecular formula is C14H26O2Si. The Labute approximate surface area is 107 Å². The fourth-order valence-electron chi connectivity index (χ4n) is 1.18. The molecule has 0 amide bonds. The summed E-state index contributed by atoms with van der Waals surface area (Å²) in [6, 6.07) is 0. The van der Waals surface area contributed by atoms with E-state index in [0.717, 1.165) is 25.9 Å². The third-order valence-electron chi connectivity index (χ3n) is 3.48. The molecule has 0 aromatic carbocycles. The first-order chi connectivity index (χ1) is 7.70. The normalized spacial score (nSPS) is 12.2. The number of carbonyl (C=O) groups is 1. The lowest BCUT2D eigenvalue weighted by Crippen LogP contribution is -2.40. The predicted molar refractivity (Wildman–Crippen MR) is 75.5 cm³/mol. The van der Waals surface area contributed by atoms with E-state index in [1.54, 1.807) is 0 Å². The van der Waals surface area contributed by atoms with Gasteiger partial charge >= 0.3 is 0 Å². The van der Waals surface area contributed by atoms with Gasteiger partial charge in [0.15, 0.2) is 8.32 Å². The molecule has 0 spiro atoms. The van der Waals surface area contributed by atoms with E-state index in [2.05, 4.69) is 39.8 Å². The molecule has 0 fully saturated rings. The summed E-state index contributed by atoms with van der Waals surface area (Å²) < 4.78 is 6.04. The number of ketones is 1. The van der Waals surface area contributed by atoms with E-state index in [0.29, 0.717) is 6.42 Å². The van der Waals surface area contributed by atoms with Crippen molar-refractivity contribution in [2.45, 2.75) is 64.6 Å². The molecule has 0 saturated heterocycles. The molecule has 0 aromatic rings. The molecule has 0 radical (unpaired) electrons. The van der Waals surface area contributed by atoms with E-state index in [9.17, 15) is 4.79 Å². The Kier molecular flexibility index (Phi) is 6.73. The van der Waals surface area contributed by atoms with Crippen molar-refractivity contribution in [3.05, 3.63) is 0 Å². The average Bonchev–Trinajstić information content (AvgIpc) is 2.21. The summed E-state index contributed by atoms with van der Waals surface area (Å²) in [6.07, 6.45) is 8.42. The van der Waals surface area contributed by atoms with Gasteiger partial charge in [-0.15, -0.1) is 6.42 Å². The number of unbranched alkanes of at least 4 members (excludes halogenated alkanes) is 2. The highest BCUT2D eigenvalue weighted by Gasteiger charge is 2.36. The van der Waals surface area contributed by atoms with Crippen LogP contribution in [0.1, 0.15) is 46.5 Å². The van der Waals surface area contributed by atoms with Gasteiger partial charge in [-0.25, -0.2) is 0 Å². The van der Waals surface area contributed by atoms with Gasteiger partial charge in [0.2, 0.25) is 5.78 Å². The van der Waals surface area contributed by atoms with Gasteiger partial charge in [-0.05, 0) is 36.9 Å². The summed E-state index contributed by atoms with van der Waals surface area (Å²) in [5, 5.41) is 0.270. The Morgan fingerprint density at radius 3 is 2.29 bits per heavy atom. The first kappa shape index (κ1) is 16.4. The highest BCUT2D eigenvalue weighted by Crippen LogP contribution is 2.36. The number of hydrogen-bond donors (Lipinski definition) is 0. The van der Waals surface area contributed by atoms with E-state index in [-0.39, 0.29) is 10.8 Å². The smallest absolute Gasteiger partial charge is 0.205 e. The van der Waals surface area contributed by atoms with E-state index in [1.807, 2.05) is 0 Å². The van der Waals surface area contributed by atoms with Gasteiger partial charge in [-0.2, -0.15) is 0 Å². The van der Waals surface area contributed by atoms with Gasteiger partial charge in [0, 0.05) is 13.0 Å². The molecule has 2 nitrogen and oxygen atoms in total. The molecule has 0 saturated carbocycles. The average molecular weight is 254 g/mol. The number of Topliss-reactive ketones (excluding diaryl/α,β-unsaturated/α-hetero) is 1. The molecule has 0 N–H and O–H groups in total. The number of rotatable bonds is 7. The predicted octanol–water partition coefficient (Wildman–Crippen LogP) is 3.77. The maximum atomic E-state index is 10.9. The van der Waals surface area contributed by atoms with E-state index < -0.39 is 8.32 Å². The Morgan fingerprint density at radius 2 is 1.82 bits per heavy atom. The second kappa shape index (κ2) is 6.98. The van der Waals surface area contributed by atoms with Crippen molar-refractivity contribution in [1.29, 1.82) is 0 Å². The largest absolute Gasteiger partial charge is 0.417 e. The highest BCUT2D eigenvalue weighted by molar-refractivity contribution is 6.74. The highest BCUT2D eigenvalue weighted by atomic mass is 28.4. The number of terminal acetylenes is 1. The standard InChI is InChI=1S/C14H26O2Si/c1-7-13(15)11-9-8-10-12-16-17(5,6)14(2,3)4/h1H,8-12H2,2-6H3. The zero-order valence-corrected chi connectivity index (χ0v) is 12.9. The molecule has 0 aromatic heterocycles.